The van der Waals surface area contributed by atoms with Gasteiger partial charge >= 0.3 is 27.6 Å². The fourth-order valence-corrected chi connectivity index (χ4v) is 6.75. The lowest BCUT2D eigenvalue weighted by Crippen LogP contribution is -2.30. The average molecular weight is 801 g/mol. The van der Waals surface area contributed by atoms with Crippen molar-refractivity contribution in [3.05, 3.63) is 12.2 Å². The first kappa shape index (κ1) is 49.8. The van der Waals surface area contributed by atoms with Crippen LogP contribution in [0.25, 0.3) is 0 Å². The third kappa shape index (κ3) is 31.7. The molecule has 0 aliphatic carbocycles. The smallest absolute Gasteiger partial charge is 0.462 e. The van der Waals surface area contributed by atoms with Crippen LogP contribution in [0.5, 0.6) is 0 Å². The summed E-state index contributed by atoms with van der Waals surface area (Å²) in [4.78, 5) is 52.5. The molecule has 0 saturated carbocycles. The van der Waals surface area contributed by atoms with Crippen molar-refractivity contribution in [2.75, 3.05) is 26.4 Å². The summed E-state index contributed by atoms with van der Waals surface area (Å²) in [6, 6.07) is 0. The highest BCUT2D eigenvalue weighted by molar-refractivity contribution is 7.47. The van der Waals surface area contributed by atoms with Gasteiger partial charge in [-0.05, 0) is 44.4 Å². The largest absolute Gasteiger partial charge is 0.472 e. The molecule has 3 unspecified atom stereocenters. The Labute approximate surface area is 317 Å². The highest BCUT2D eigenvalue weighted by Crippen LogP contribution is 2.44. The van der Waals surface area contributed by atoms with Gasteiger partial charge in [0.2, 0.25) is 0 Å². The molecule has 0 aromatic heterocycles. The van der Waals surface area contributed by atoms with E-state index in [-0.39, 0.29) is 19.4 Å². The van der Waals surface area contributed by atoms with E-state index in [1.807, 2.05) is 0 Å². The number of allylic oxidation sites excluding steroid dienone is 1. The Bertz CT molecular complexity index is 1080. The van der Waals surface area contributed by atoms with Crippen LogP contribution in [0, 0.1) is 5.92 Å². The second-order valence-electron chi connectivity index (χ2n) is 14.4. The second-order valence-corrected chi connectivity index (χ2v) is 17.1. The Morgan fingerprint density at radius 2 is 1.28 bits per heavy atom. The Balaban J connectivity index is 2.38. The molecule has 1 aliphatic rings. The van der Waals surface area contributed by atoms with E-state index in [4.69, 9.17) is 28.5 Å². The normalized spacial score (nSPS) is 18.3. The van der Waals surface area contributed by atoms with Gasteiger partial charge in [-0.2, -0.15) is 0 Å². The van der Waals surface area contributed by atoms with E-state index < -0.39 is 59.6 Å². The molecule has 5 atom stereocenters. The van der Waals surface area contributed by atoms with Crippen LogP contribution in [-0.2, 0) is 46.5 Å². The maximum absolute atomic E-state index is 12.6. The minimum atomic E-state index is -4.86. The lowest BCUT2D eigenvalue weighted by atomic mass is 10.0. The monoisotopic (exact) mass is 800 g/mol. The SMILES string of the molecule is CCCCCC1OC1C/C=C\CCCCCCCC(=O)O[C@H](COC(=O)CCCCCCCCCC(C)C)COP(=O)(O)OC[C@@H](O)COP(=O)(O)O. The molecule has 0 bridgehead atoms. The predicted molar refractivity (Wildman–Crippen MR) is 202 cm³/mol. The van der Waals surface area contributed by atoms with Crippen LogP contribution in [0.2, 0.25) is 0 Å². The van der Waals surface area contributed by atoms with Crippen molar-refractivity contribution >= 4 is 27.6 Å². The molecule has 1 saturated heterocycles. The number of phosphoric ester groups is 2. The number of hydrogen-bond acceptors (Lipinski definition) is 11. The molecule has 0 aromatic rings. The zero-order chi connectivity index (χ0) is 39.4. The van der Waals surface area contributed by atoms with Gasteiger partial charge in [-0.15, -0.1) is 0 Å². The fraction of sp³-hybridized carbons (Fsp3) is 0.892. The summed E-state index contributed by atoms with van der Waals surface area (Å²) in [5.41, 5.74) is 0. The molecule has 16 heteroatoms. The van der Waals surface area contributed by atoms with Gasteiger partial charge in [0.25, 0.3) is 0 Å². The van der Waals surface area contributed by atoms with Crippen LogP contribution >= 0.6 is 15.6 Å². The molecule has 1 rings (SSSR count). The number of ether oxygens (including phenoxy) is 3. The topological polar surface area (TPSA) is 208 Å². The Hall–Kier alpha value is -1.18. The predicted octanol–water partition coefficient (Wildman–Crippen LogP) is 8.24. The molecule has 0 amide bonds. The van der Waals surface area contributed by atoms with Gasteiger partial charge in [0.05, 0.1) is 32.0 Å². The van der Waals surface area contributed by atoms with E-state index >= 15 is 0 Å². The molecule has 4 N–H and O–H groups in total. The summed E-state index contributed by atoms with van der Waals surface area (Å²) in [7, 11) is -9.66. The van der Waals surface area contributed by atoms with Gasteiger partial charge in [-0.1, -0.05) is 116 Å². The number of aliphatic hydroxyl groups excluding tert-OH is 1. The highest BCUT2D eigenvalue weighted by Gasteiger charge is 2.36. The summed E-state index contributed by atoms with van der Waals surface area (Å²) in [5, 5.41) is 9.71. The van der Waals surface area contributed by atoms with Crippen molar-refractivity contribution < 1.29 is 66.3 Å². The molecule has 312 valence electrons. The number of aliphatic hydroxyl groups is 1. The first-order valence-electron chi connectivity index (χ1n) is 19.9. The number of esters is 2. The van der Waals surface area contributed by atoms with Crippen molar-refractivity contribution in [1.29, 1.82) is 0 Å². The van der Waals surface area contributed by atoms with Gasteiger partial charge in [-0.25, -0.2) is 9.13 Å². The van der Waals surface area contributed by atoms with Gasteiger partial charge < -0.3 is 34.0 Å². The maximum atomic E-state index is 12.6. The van der Waals surface area contributed by atoms with Crippen LogP contribution in [0.1, 0.15) is 156 Å². The summed E-state index contributed by atoms with van der Waals surface area (Å²) < 4.78 is 53.3. The van der Waals surface area contributed by atoms with Crippen molar-refractivity contribution in [2.45, 2.75) is 180 Å². The first-order chi connectivity index (χ1) is 25.2. The molecular formula is C37H70O14P2. The third-order valence-electron chi connectivity index (χ3n) is 8.75. The number of rotatable bonds is 36. The molecule has 0 radical (unpaired) electrons. The van der Waals surface area contributed by atoms with E-state index in [2.05, 4.69) is 42.0 Å². The third-order valence-corrected chi connectivity index (χ3v) is 10.2. The molecule has 1 aliphatic heterocycles. The zero-order valence-electron chi connectivity index (χ0n) is 32.5. The standard InChI is InChI=1S/C37H70O14P2/c1-4-5-17-23-34-35(51-34)24-19-14-10-6-7-11-16-21-26-37(40)50-33(30-49-53(44,45)48-28-32(38)27-47-52(41,42)43)29-46-36(39)25-20-15-12-8-9-13-18-22-31(2)3/h14,19,31-35,38H,4-13,15-18,20-30H2,1-3H3,(H,44,45)(H2,41,42,43)/b19-14-/t32-,33+,34?,35?/m0/s1. The molecule has 0 aromatic carbocycles. The van der Waals surface area contributed by atoms with Gasteiger partial charge in [0.1, 0.15) is 12.7 Å². The van der Waals surface area contributed by atoms with E-state index in [0.717, 1.165) is 70.1 Å². The number of hydrogen-bond donors (Lipinski definition) is 4. The quantitative estimate of drug-likeness (QED) is 0.0155. The zero-order valence-corrected chi connectivity index (χ0v) is 34.3. The molecule has 1 heterocycles. The van der Waals surface area contributed by atoms with Crippen molar-refractivity contribution in [2.24, 2.45) is 5.92 Å². The Morgan fingerprint density at radius 3 is 1.92 bits per heavy atom. The minimum absolute atomic E-state index is 0.113. The van der Waals surface area contributed by atoms with Crippen molar-refractivity contribution in [1.82, 2.24) is 0 Å². The summed E-state index contributed by atoms with van der Waals surface area (Å²) in [6.45, 7) is 3.93. The number of carbonyl (C=O) groups is 2. The lowest BCUT2D eigenvalue weighted by Gasteiger charge is -2.20. The Kier molecular flexibility index (Phi) is 28.2. The van der Waals surface area contributed by atoms with Crippen molar-refractivity contribution in [3.8, 4) is 0 Å². The molecule has 14 nitrogen and oxygen atoms in total. The molecule has 1 fully saturated rings. The van der Waals surface area contributed by atoms with Gasteiger partial charge in [-0.3, -0.25) is 23.2 Å². The Morgan fingerprint density at radius 1 is 0.698 bits per heavy atom. The highest BCUT2D eigenvalue weighted by atomic mass is 31.2. The first-order valence-corrected chi connectivity index (χ1v) is 22.9. The maximum Gasteiger partial charge on any atom is 0.472 e. The number of epoxide rings is 1. The summed E-state index contributed by atoms with van der Waals surface area (Å²) in [6.07, 6.45) is 22.7. The van der Waals surface area contributed by atoms with Gasteiger partial charge in [0, 0.05) is 12.8 Å². The molecule has 53 heavy (non-hydrogen) atoms. The van der Waals surface area contributed by atoms with Crippen LogP contribution < -0.4 is 0 Å². The summed E-state index contributed by atoms with van der Waals surface area (Å²) in [5.74, 6) is -0.331. The van der Waals surface area contributed by atoms with Gasteiger partial charge in [0.15, 0.2) is 6.10 Å². The molecular weight excluding hydrogens is 730 g/mol. The van der Waals surface area contributed by atoms with Crippen LogP contribution in [0.4, 0.5) is 0 Å². The molecule has 0 spiro atoms. The second kappa shape index (κ2) is 30.0. The van der Waals surface area contributed by atoms with E-state index in [0.29, 0.717) is 25.0 Å². The van der Waals surface area contributed by atoms with E-state index in [1.54, 1.807) is 0 Å². The average Bonchev–Trinajstić information content (AvgIpc) is 3.85. The minimum Gasteiger partial charge on any atom is -0.462 e. The van der Waals surface area contributed by atoms with Crippen LogP contribution in [0.3, 0.4) is 0 Å². The van der Waals surface area contributed by atoms with Crippen molar-refractivity contribution in [3.63, 3.8) is 0 Å². The lowest BCUT2D eigenvalue weighted by molar-refractivity contribution is -0.161. The van der Waals surface area contributed by atoms with E-state index in [1.165, 1.54) is 44.9 Å². The van der Waals surface area contributed by atoms with E-state index in [9.17, 15) is 28.7 Å². The van der Waals surface area contributed by atoms with Crippen LogP contribution in [-0.4, -0.2) is 82.6 Å². The number of carbonyl (C=O) groups excluding carboxylic acids is 2. The number of unbranched alkanes of at least 4 members (excludes halogenated alkanes) is 13. The fourth-order valence-electron chi connectivity index (χ4n) is 5.60. The van der Waals surface area contributed by atoms with Crippen LogP contribution in [0.15, 0.2) is 12.2 Å². The number of phosphoric acid groups is 2. The summed E-state index contributed by atoms with van der Waals surface area (Å²) >= 11 is 0.